The largest absolute Gasteiger partial charge is 0.465 e. The minimum Gasteiger partial charge on any atom is -0.465 e. The lowest BCUT2D eigenvalue weighted by molar-refractivity contribution is -0.136. The number of fused-ring (bicyclic) bond motifs is 2. The summed E-state index contributed by atoms with van der Waals surface area (Å²) in [7, 11) is 1.30. The number of methoxy groups -OCH3 is 1. The Kier molecular flexibility index (Phi) is 12.4. The zero-order chi connectivity index (χ0) is 46.2. The van der Waals surface area contributed by atoms with Gasteiger partial charge in [-0.25, -0.2) is 19.6 Å². The van der Waals surface area contributed by atoms with Gasteiger partial charge in [-0.05, 0) is 109 Å². The molecule has 0 saturated carbocycles. The topological polar surface area (TPSA) is 189 Å². The molecule has 5 heterocycles. The van der Waals surface area contributed by atoms with E-state index in [0.29, 0.717) is 18.9 Å². The smallest absolute Gasteiger partial charge is 0.407 e. The molecule has 9 rings (SSSR count). The predicted octanol–water partition coefficient (Wildman–Crippen LogP) is 9.19. The van der Waals surface area contributed by atoms with E-state index in [0.717, 1.165) is 94.4 Å². The number of likely N-dealkylation sites (tertiary alicyclic amines) is 2. The van der Waals surface area contributed by atoms with Crippen LogP contribution < -0.4 is 15.5 Å². The van der Waals surface area contributed by atoms with Crippen molar-refractivity contribution in [2.24, 2.45) is 11.8 Å². The van der Waals surface area contributed by atoms with E-state index in [-0.39, 0.29) is 47.8 Å². The minimum absolute atomic E-state index is 0.0246. The Balaban J connectivity index is 1.02. The minimum atomic E-state index is -1.21. The zero-order valence-corrected chi connectivity index (χ0v) is 38.2. The highest BCUT2D eigenvalue weighted by atomic mass is 16.5. The molecule has 3 aliphatic rings. The monoisotopic (exact) mass is 893 g/mol. The lowest BCUT2D eigenvalue weighted by atomic mass is 10.0. The van der Waals surface area contributed by atoms with E-state index in [1.54, 1.807) is 4.90 Å². The van der Waals surface area contributed by atoms with Crippen LogP contribution in [-0.4, -0.2) is 91.1 Å². The van der Waals surface area contributed by atoms with Gasteiger partial charge in [-0.15, -0.1) is 0 Å². The summed E-state index contributed by atoms with van der Waals surface area (Å²) in [4.78, 5) is 74.8. The number of H-pyrrole nitrogens is 2. The molecule has 6 aromatic rings. The van der Waals surface area contributed by atoms with Crippen LogP contribution in [0.3, 0.4) is 0 Å². The quantitative estimate of drug-likeness (QED) is 0.0798. The second-order valence-corrected chi connectivity index (χ2v) is 18.6. The van der Waals surface area contributed by atoms with Gasteiger partial charge in [0.15, 0.2) is 0 Å². The highest BCUT2D eigenvalue weighted by molar-refractivity contribution is 5.87. The number of benzene rings is 4. The Labute approximate surface area is 384 Å². The molecule has 3 fully saturated rings. The van der Waals surface area contributed by atoms with E-state index in [9.17, 15) is 24.3 Å². The van der Waals surface area contributed by atoms with Gasteiger partial charge in [-0.1, -0.05) is 82.3 Å². The van der Waals surface area contributed by atoms with Gasteiger partial charge in [0.1, 0.15) is 23.7 Å². The van der Waals surface area contributed by atoms with Crippen LogP contribution in [0, 0.1) is 11.8 Å². The van der Waals surface area contributed by atoms with Crippen LogP contribution >= 0.6 is 0 Å². The highest BCUT2D eigenvalue weighted by Gasteiger charge is 2.40. The number of carboxylic acid groups (broad SMARTS) is 1. The first kappa shape index (κ1) is 44.3. The third kappa shape index (κ3) is 8.65. The molecule has 66 heavy (non-hydrogen) atoms. The molecule has 344 valence electrons. The number of nitrogens with one attached hydrogen (secondary N) is 4. The highest BCUT2D eigenvalue weighted by Crippen LogP contribution is 2.48. The molecular formula is C51H59N9O6. The second kappa shape index (κ2) is 18.5. The standard InChI is InChI=1S/C51H59N9O6/c1-29(2)44(56-50(63)64)48(61)58-25-9-13-42(58)46-52-36-21-17-33(27-38(36)54-46)40-23-24-41(60(40)35-19-15-32(16-20-35)31-11-7-6-8-12-31)34-18-22-37-39(28-34)55-47(53-37)43-14-10-26-59(43)49(62)45(30(3)4)57-51(65)66-5/h6-8,11-12,15-22,27-30,40-45,56H,9-10,13-14,23-26H2,1-5H3,(H,52,54)(H,53,55)(H,57,65)(H,63,64)/t40-,41-,42+,43+,44+,45+/m1/s1. The first-order valence-electron chi connectivity index (χ1n) is 23.3. The van der Waals surface area contributed by atoms with Crippen molar-refractivity contribution in [2.75, 3.05) is 25.1 Å². The summed E-state index contributed by atoms with van der Waals surface area (Å²) >= 11 is 0. The average Bonchev–Trinajstić information content (AvgIpc) is 4.18. The fourth-order valence-electron chi connectivity index (χ4n) is 10.4. The first-order chi connectivity index (χ1) is 31.9. The molecule has 0 spiro atoms. The Morgan fingerprint density at radius 2 is 1.12 bits per heavy atom. The number of rotatable bonds is 12. The van der Waals surface area contributed by atoms with Crippen molar-refractivity contribution in [1.29, 1.82) is 0 Å². The fourth-order valence-corrected chi connectivity index (χ4v) is 10.4. The van der Waals surface area contributed by atoms with E-state index >= 15 is 0 Å². The van der Waals surface area contributed by atoms with E-state index in [4.69, 9.17) is 14.7 Å². The number of anilines is 1. The van der Waals surface area contributed by atoms with Crippen LogP contribution in [0.4, 0.5) is 15.3 Å². The van der Waals surface area contributed by atoms with Crippen molar-refractivity contribution >= 4 is 51.8 Å². The maximum Gasteiger partial charge on any atom is 0.407 e. The number of alkyl carbamates (subject to hydrolysis) is 1. The number of nitrogens with zero attached hydrogens (tertiary/aromatic N) is 5. The lowest BCUT2D eigenvalue weighted by Crippen LogP contribution is -2.51. The average molecular weight is 894 g/mol. The Hall–Kier alpha value is -6.90. The SMILES string of the molecule is COC(=O)N[C@H](C(=O)N1CCC[C@H]1c1nc2cc([C@H]3CC[C@H](c4ccc5[nH]c([C@@H]6CCCN6C(=O)[C@@H](NC(=O)O)C(C)C)nc5c4)N3c3ccc(-c4ccccc4)cc3)ccc2[nH]1)C(C)C. The van der Waals surface area contributed by atoms with E-state index in [1.807, 2.05) is 38.7 Å². The summed E-state index contributed by atoms with van der Waals surface area (Å²) in [6, 6.07) is 30.0. The van der Waals surface area contributed by atoms with Crippen LogP contribution in [0.15, 0.2) is 91.0 Å². The Bertz CT molecular complexity index is 2730. The summed E-state index contributed by atoms with van der Waals surface area (Å²) in [6.07, 6.45) is 3.08. The van der Waals surface area contributed by atoms with E-state index in [2.05, 4.69) is 110 Å². The number of aromatic nitrogens is 4. The molecule has 15 nitrogen and oxygen atoms in total. The number of hydrogen-bond donors (Lipinski definition) is 5. The predicted molar refractivity (Wildman–Crippen MR) is 253 cm³/mol. The zero-order valence-electron chi connectivity index (χ0n) is 38.2. The molecule has 0 unspecified atom stereocenters. The summed E-state index contributed by atoms with van der Waals surface area (Å²) in [5.74, 6) is 0.733. The van der Waals surface area contributed by atoms with Gasteiger partial charge in [0.25, 0.3) is 0 Å². The summed E-state index contributed by atoms with van der Waals surface area (Å²) in [6.45, 7) is 8.64. The second-order valence-electron chi connectivity index (χ2n) is 18.6. The molecule has 0 aliphatic carbocycles. The van der Waals surface area contributed by atoms with Crippen molar-refractivity contribution < 1.29 is 29.0 Å². The van der Waals surface area contributed by atoms with Crippen LogP contribution in [-0.2, 0) is 14.3 Å². The summed E-state index contributed by atoms with van der Waals surface area (Å²) in [5.41, 5.74) is 9.10. The molecule has 4 amide bonds. The van der Waals surface area contributed by atoms with Crippen molar-refractivity contribution in [3.05, 3.63) is 114 Å². The van der Waals surface area contributed by atoms with Crippen LogP contribution in [0.5, 0.6) is 0 Å². The normalized spacial score (nSPS) is 20.7. The number of hydrogen-bond acceptors (Lipinski definition) is 8. The van der Waals surface area contributed by atoms with Crippen molar-refractivity contribution in [3.63, 3.8) is 0 Å². The number of ether oxygens (including phenoxy) is 1. The van der Waals surface area contributed by atoms with Crippen LogP contribution in [0.2, 0.25) is 0 Å². The summed E-state index contributed by atoms with van der Waals surface area (Å²) in [5, 5.41) is 14.6. The maximum atomic E-state index is 13.9. The van der Waals surface area contributed by atoms with Gasteiger partial charge in [0, 0.05) is 18.8 Å². The number of carbonyl (C=O) groups is 4. The molecule has 15 heteroatoms. The maximum absolute atomic E-state index is 13.9. The molecule has 2 aromatic heterocycles. The van der Waals surface area contributed by atoms with Gasteiger partial charge in [0.05, 0.1) is 53.3 Å². The van der Waals surface area contributed by atoms with E-state index in [1.165, 1.54) is 7.11 Å². The first-order valence-corrected chi connectivity index (χ1v) is 23.3. The van der Waals surface area contributed by atoms with E-state index < -0.39 is 24.3 Å². The molecule has 3 aliphatic heterocycles. The summed E-state index contributed by atoms with van der Waals surface area (Å²) < 4.78 is 4.83. The molecule has 6 atom stereocenters. The Morgan fingerprint density at radius 3 is 1.59 bits per heavy atom. The number of carbonyl (C=O) groups excluding carboxylic acids is 3. The van der Waals surface area contributed by atoms with Crippen molar-refractivity contribution in [3.8, 4) is 11.1 Å². The van der Waals surface area contributed by atoms with Crippen LogP contribution in [0.1, 0.15) is 113 Å². The molecule has 4 aromatic carbocycles. The number of amides is 4. The molecule has 0 radical (unpaired) electrons. The Morgan fingerprint density at radius 1 is 0.636 bits per heavy atom. The molecule has 0 bridgehead atoms. The fraction of sp³-hybridized carbons (Fsp3) is 0.412. The number of imidazole rings is 2. The third-order valence-electron chi connectivity index (χ3n) is 13.8. The van der Waals surface area contributed by atoms with Gasteiger partial charge < -0.3 is 45.1 Å². The van der Waals surface area contributed by atoms with Crippen LogP contribution in [0.25, 0.3) is 33.2 Å². The van der Waals surface area contributed by atoms with Gasteiger partial charge in [0.2, 0.25) is 11.8 Å². The van der Waals surface area contributed by atoms with Gasteiger partial charge >= 0.3 is 12.2 Å². The lowest BCUT2D eigenvalue weighted by Gasteiger charge is -2.33. The van der Waals surface area contributed by atoms with Crippen molar-refractivity contribution in [2.45, 2.75) is 102 Å². The van der Waals surface area contributed by atoms with Crippen molar-refractivity contribution in [1.82, 2.24) is 40.4 Å². The van der Waals surface area contributed by atoms with Gasteiger partial charge in [-0.3, -0.25) is 9.59 Å². The number of aromatic amines is 2. The third-order valence-corrected chi connectivity index (χ3v) is 13.8. The molecule has 5 N–H and O–H groups in total. The van der Waals surface area contributed by atoms with Gasteiger partial charge in [-0.2, -0.15) is 0 Å². The molecule has 3 saturated heterocycles. The molecular weight excluding hydrogens is 835 g/mol.